The van der Waals surface area contributed by atoms with E-state index in [1.807, 2.05) is 13.8 Å². The predicted octanol–water partition coefficient (Wildman–Crippen LogP) is 2.90. The number of rotatable bonds is 3. The van der Waals surface area contributed by atoms with Gasteiger partial charge in [-0.15, -0.1) is 0 Å². The third-order valence-electron chi connectivity index (χ3n) is 3.40. The second-order valence-corrected chi connectivity index (χ2v) is 5.50. The lowest BCUT2D eigenvalue weighted by atomic mass is 9.79. The van der Waals surface area contributed by atoms with E-state index in [0.717, 1.165) is 0 Å². The standard InChI is InChI=1S/C13H20F2N2O2/c1-9(2)11-4-5-17(7-10(11)6-16)12(18)19-8-13(3,14)15/h9-11H,4-5,7-8H2,1-3H3. The van der Waals surface area contributed by atoms with Crippen LogP contribution in [0.2, 0.25) is 0 Å². The molecule has 0 saturated carbocycles. The van der Waals surface area contributed by atoms with Crippen LogP contribution in [0.4, 0.5) is 13.6 Å². The second kappa shape index (κ2) is 6.18. The number of hydrogen-bond acceptors (Lipinski definition) is 3. The Balaban J connectivity index is 2.54. The maximum absolute atomic E-state index is 12.6. The molecule has 0 aromatic rings. The van der Waals surface area contributed by atoms with Crippen LogP contribution in [0, 0.1) is 29.1 Å². The lowest BCUT2D eigenvalue weighted by Crippen LogP contribution is -2.45. The molecule has 0 aliphatic carbocycles. The fraction of sp³-hybridized carbons (Fsp3) is 0.846. The van der Waals surface area contributed by atoms with Gasteiger partial charge in [0.1, 0.15) is 0 Å². The van der Waals surface area contributed by atoms with Crippen molar-refractivity contribution in [3.05, 3.63) is 0 Å². The predicted molar refractivity (Wildman–Crippen MR) is 65.6 cm³/mol. The highest BCUT2D eigenvalue weighted by molar-refractivity contribution is 5.67. The molecule has 1 saturated heterocycles. The van der Waals surface area contributed by atoms with E-state index < -0.39 is 18.6 Å². The summed E-state index contributed by atoms with van der Waals surface area (Å²) in [4.78, 5) is 13.0. The summed E-state index contributed by atoms with van der Waals surface area (Å²) in [5.74, 6) is -2.69. The molecular weight excluding hydrogens is 254 g/mol. The van der Waals surface area contributed by atoms with Crippen LogP contribution in [0.15, 0.2) is 0 Å². The van der Waals surface area contributed by atoms with Gasteiger partial charge in [-0.2, -0.15) is 5.26 Å². The Hall–Kier alpha value is -1.38. The monoisotopic (exact) mass is 274 g/mol. The zero-order valence-corrected chi connectivity index (χ0v) is 11.5. The van der Waals surface area contributed by atoms with E-state index in [-0.39, 0.29) is 18.4 Å². The third-order valence-corrected chi connectivity index (χ3v) is 3.40. The van der Waals surface area contributed by atoms with Gasteiger partial charge in [0.15, 0.2) is 6.61 Å². The Morgan fingerprint density at radius 1 is 1.58 bits per heavy atom. The highest BCUT2D eigenvalue weighted by Gasteiger charge is 2.34. The molecule has 0 aromatic carbocycles. The number of carbonyl (C=O) groups is 1. The first-order chi connectivity index (χ1) is 8.74. The lowest BCUT2D eigenvalue weighted by Gasteiger charge is -2.36. The number of likely N-dealkylation sites (tertiary alicyclic amines) is 1. The van der Waals surface area contributed by atoms with Crippen molar-refractivity contribution in [3.63, 3.8) is 0 Å². The molecule has 1 amide bonds. The summed E-state index contributed by atoms with van der Waals surface area (Å²) >= 11 is 0. The normalized spacial score (nSPS) is 24.2. The van der Waals surface area contributed by atoms with Gasteiger partial charge in [0.25, 0.3) is 5.92 Å². The van der Waals surface area contributed by atoms with Crippen LogP contribution in [0.5, 0.6) is 0 Å². The molecule has 0 N–H and O–H groups in total. The van der Waals surface area contributed by atoms with Crippen LogP contribution < -0.4 is 0 Å². The van der Waals surface area contributed by atoms with Crippen LogP contribution in [-0.4, -0.2) is 36.6 Å². The maximum atomic E-state index is 12.6. The van der Waals surface area contributed by atoms with Crippen molar-refractivity contribution >= 4 is 6.09 Å². The number of halogens is 2. The Morgan fingerprint density at radius 2 is 2.21 bits per heavy atom. The first-order valence-electron chi connectivity index (χ1n) is 6.43. The molecule has 6 heteroatoms. The molecule has 0 radical (unpaired) electrons. The number of carbonyl (C=O) groups excluding carboxylic acids is 1. The third kappa shape index (κ3) is 4.66. The quantitative estimate of drug-likeness (QED) is 0.795. The van der Waals surface area contributed by atoms with Gasteiger partial charge in [-0.25, -0.2) is 13.6 Å². The first kappa shape index (κ1) is 15.7. The van der Waals surface area contributed by atoms with E-state index in [4.69, 9.17) is 5.26 Å². The second-order valence-electron chi connectivity index (χ2n) is 5.50. The summed E-state index contributed by atoms with van der Waals surface area (Å²) in [6, 6.07) is 2.19. The summed E-state index contributed by atoms with van der Waals surface area (Å²) in [6.07, 6.45) is -0.0583. The molecule has 0 bridgehead atoms. The summed E-state index contributed by atoms with van der Waals surface area (Å²) in [7, 11) is 0. The minimum absolute atomic E-state index is 0.238. The van der Waals surface area contributed by atoms with Crippen LogP contribution in [0.1, 0.15) is 27.2 Å². The Morgan fingerprint density at radius 3 is 2.68 bits per heavy atom. The number of hydrogen-bond donors (Lipinski definition) is 0. The van der Waals surface area contributed by atoms with Crippen LogP contribution in [0.3, 0.4) is 0 Å². The van der Waals surface area contributed by atoms with Gasteiger partial charge in [-0.1, -0.05) is 13.8 Å². The molecule has 1 aliphatic rings. The summed E-state index contributed by atoms with van der Waals surface area (Å²) < 4.78 is 29.8. The van der Waals surface area contributed by atoms with Gasteiger partial charge in [-0.05, 0) is 18.3 Å². The highest BCUT2D eigenvalue weighted by Crippen LogP contribution is 2.29. The van der Waals surface area contributed by atoms with Crippen LogP contribution >= 0.6 is 0 Å². The number of nitriles is 1. The van der Waals surface area contributed by atoms with Crippen molar-refractivity contribution < 1.29 is 18.3 Å². The van der Waals surface area contributed by atoms with Crippen LogP contribution in [0.25, 0.3) is 0 Å². The smallest absolute Gasteiger partial charge is 0.410 e. The zero-order chi connectivity index (χ0) is 14.6. The number of piperidine rings is 1. The molecule has 1 fully saturated rings. The van der Waals surface area contributed by atoms with Crippen LogP contribution in [-0.2, 0) is 4.74 Å². The van der Waals surface area contributed by atoms with Gasteiger partial charge in [0.2, 0.25) is 0 Å². The van der Waals surface area contributed by atoms with E-state index in [9.17, 15) is 13.6 Å². The molecule has 0 aromatic heterocycles. The number of amides is 1. The van der Waals surface area contributed by atoms with Crippen molar-refractivity contribution in [2.75, 3.05) is 19.7 Å². The Kier molecular flexibility index (Phi) is 5.10. The SMILES string of the molecule is CC(C)C1CCN(C(=O)OCC(C)(F)F)CC1C#N. The average molecular weight is 274 g/mol. The molecule has 1 rings (SSSR count). The Labute approximate surface area is 112 Å². The van der Waals surface area contributed by atoms with E-state index in [1.54, 1.807) is 0 Å². The molecule has 2 atom stereocenters. The zero-order valence-electron chi connectivity index (χ0n) is 11.5. The summed E-state index contributed by atoms with van der Waals surface area (Å²) in [6.45, 7) is 4.57. The van der Waals surface area contributed by atoms with E-state index in [0.29, 0.717) is 25.8 Å². The molecule has 4 nitrogen and oxygen atoms in total. The molecule has 1 heterocycles. The van der Waals surface area contributed by atoms with Gasteiger partial charge in [-0.3, -0.25) is 0 Å². The number of alkyl halides is 2. The molecule has 108 valence electrons. The fourth-order valence-corrected chi connectivity index (χ4v) is 2.35. The molecule has 19 heavy (non-hydrogen) atoms. The van der Waals surface area contributed by atoms with E-state index in [1.165, 1.54) is 4.90 Å². The van der Waals surface area contributed by atoms with Crippen molar-refractivity contribution in [2.45, 2.75) is 33.1 Å². The maximum Gasteiger partial charge on any atom is 0.410 e. The molecule has 1 aliphatic heterocycles. The summed E-state index contributed by atoms with van der Waals surface area (Å²) in [5.41, 5.74) is 0. The number of nitrogens with zero attached hydrogens (tertiary/aromatic N) is 2. The average Bonchev–Trinajstić information content (AvgIpc) is 2.34. The number of ether oxygens (including phenoxy) is 1. The van der Waals surface area contributed by atoms with Crippen molar-refractivity contribution in [1.82, 2.24) is 4.90 Å². The minimum Gasteiger partial charge on any atom is -0.443 e. The van der Waals surface area contributed by atoms with E-state index >= 15 is 0 Å². The first-order valence-corrected chi connectivity index (χ1v) is 6.43. The summed E-state index contributed by atoms with van der Waals surface area (Å²) in [5, 5.41) is 9.12. The topological polar surface area (TPSA) is 53.3 Å². The Bertz CT molecular complexity index is 361. The van der Waals surface area contributed by atoms with E-state index in [2.05, 4.69) is 10.8 Å². The van der Waals surface area contributed by atoms with Gasteiger partial charge in [0.05, 0.1) is 12.0 Å². The van der Waals surface area contributed by atoms with Gasteiger partial charge in [0, 0.05) is 20.0 Å². The van der Waals surface area contributed by atoms with Crippen molar-refractivity contribution in [3.8, 4) is 6.07 Å². The fourth-order valence-electron chi connectivity index (χ4n) is 2.35. The molecular formula is C13H20F2N2O2. The highest BCUT2D eigenvalue weighted by atomic mass is 19.3. The lowest BCUT2D eigenvalue weighted by molar-refractivity contribution is -0.0479. The van der Waals surface area contributed by atoms with Gasteiger partial charge >= 0.3 is 6.09 Å². The molecule has 2 unspecified atom stereocenters. The van der Waals surface area contributed by atoms with Crippen molar-refractivity contribution in [2.24, 2.45) is 17.8 Å². The molecule has 0 spiro atoms. The largest absolute Gasteiger partial charge is 0.443 e. The van der Waals surface area contributed by atoms with Crippen molar-refractivity contribution in [1.29, 1.82) is 5.26 Å². The van der Waals surface area contributed by atoms with Gasteiger partial charge < -0.3 is 9.64 Å². The minimum atomic E-state index is -3.03.